The topological polar surface area (TPSA) is 71.7 Å². The molecule has 1 N–H and O–H groups in total. The zero-order valence-electron chi connectivity index (χ0n) is 18.6. The maximum atomic E-state index is 13.2. The first-order valence-corrected chi connectivity index (χ1v) is 11.3. The van der Waals surface area contributed by atoms with E-state index in [1.54, 1.807) is 12.5 Å². The third-order valence-corrected chi connectivity index (χ3v) is 7.29. The second-order valence-corrected chi connectivity index (χ2v) is 9.15. The van der Waals surface area contributed by atoms with Crippen molar-refractivity contribution in [3.05, 3.63) is 77.2 Å². The molecule has 0 fully saturated rings. The number of aliphatic imine (C=N–C) groups is 1. The number of amides is 2. The predicted octanol–water partition coefficient (Wildman–Crippen LogP) is 4.24. The summed E-state index contributed by atoms with van der Waals surface area (Å²) < 4.78 is 6.50. The van der Waals surface area contributed by atoms with Crippen molar-refractivity contribution in [1.29, 1.82) is 0 Å². The van der Waals surface area contributed by atoms with Crippen LogP contribution in [-0.4, -0.2) is 37.2 Å². The highest BCUT2D eigenvalue weighted by molar-refractivity contribution is 6.41. The van der Waals surface area contributed by atoms with Gasteiger partial charge >= 0.3 is 0 Å². The molecule has 1 aromatic heterocycles. The number of carbonyl (C=O) groups is 2. The number of rotatable bonds is 3. The highest BCUT2D eigenvalue weighted by atomic mass is 16.3. The summed E-state index contributed by atoms with van der Waals surface area (Å²) in [6, 6.07) is 14.1. The van der Waals surface area contributed by atoms with Crippen LogP contribution in [0.4, 0.5) is 5.69 Å². The third kappa shape index (κ3) is 2.74. The average molecular weight is 439 g/mol. The quantitative estimate of drug-likeness (QED) is 0.491. The Kier molecular flexibility index (Phi) is 4.29. The van der Waals surface area contributed by atoms with E-state index in [2.05, 4.69) is 36.3 Å². The van der Waals surface area contributed by atoms with Crippen molar-refractivity contribution in [2.45, 2.75) is 26.3 Å². The van der Waals surface area contributed by atoms with Gasteiger partial charge in [0.2, 0.25) is 0 Å². The maximum Gasteiger partial charge on any atom is 0.259 e. The van der Waals surface area contributed by atoms with Crippen LogP contribution in [0.5, 0.6) is 0 Å². The van der Waals surface area contributed by atoms with E-state index < -0.39 is 11.8 Å². The number of imide groups is 1. The standard InChI is InChI=1S/C27H23N3O3/c1-16(2)30-12-9-17-5-3-7-19(24(17)30)21(15-28-11-13-30)23-22(26(31)29-27(23)32)20-8-4-6-18-10-14-33-25(18)20/h3-8,10-11,14-16H,9,12-13H2,1-2H3/p+1. The summed E-state index contributed by atoms with van der Waals surface area (Å²) >= 11 is 0. The lowest BCUT2D eigenvalue weighted by Crippen LogP contribution is -2.54. The molecule has 0 spiro atoms. The summed E-state index contributed by atoms with van der Waals surface area (Å²) in [6.45, 7) is 6.26. The molecule has 0 saturated heterocycles. The summed E-state index contributed by atoms with van der Waals surface area (Å²) in [4.78, 5) is 30.9. The van der Waals surface area contributed by atoms with Gasteiger partial charge in [-0.1, -0.05) is 30.3 Å². The SMILES string of the molecule is CC(C)[N+]12CC=NC=C(C3=C(c4cccc5ccoc45)C(=O)NC3=O)c3cccc(c31)CC2. The number of hydrogen-bond acceptors (Lipinski definition) is 4. The van der Waals surface area contributed by atoms with Gasteiger partial charge in [-0.2, -0.15) is 0 Å². The van der Waals surface area contributed by atoms with Crippen LogP contribution in [-0.2, 0) is 16.0 Å². The second kappa shape index (κ2) is 7.12. The number of benzene rings is 2. The second-order valence-electron chi connectivity index (χ2n) is 9.15. The van der Waals surface area contributed by atoms with Crippen molar-refractivity contribution in [3.8, 4) is 0 Å². The zero-order chi connectivity index (χ0) is 22.7. The largest absolute Gasteiger partial charge is 0.464 e. The molecule has 6 rings (SSSR count). The smallest absolute Gasteiger partial charge is 0.259 e. The highest BCUT2D eigenvalue weighted by Crippen LogP contribution is 2.46. The van der Waals surface area contributed by atoms with E-state index in [4.69, 9.17) is 4.42 Å². The van der Waals surface area contributed by atoms with Gasteiger partial charge in [0, 0.05) is 40.3 Å². The van der Waals surface area contributed by atoms with Gasteiger partial charge in [-0.25, -0.2) is 0 Å². The van der Waals surface area contributed by atoms with Crippen molar-refractivity contribution in [1.82, 2.24) is 9.80 Å². The number of furan rings is 1. The molecule has 3 aliphatic rings. The first-order valence-electron chi connectivity index (χ1n) is 11.3. The normalized spacial score (nSPS) is 22.0. The van der Waals surface area contributed by atoms with Gasteiger partial charge < -0.3 is 4.42 Å². The van der Waals surface area contributed by atoms with Crippen LogP contribution in [0.3, 0.4) is 0 Å². The molecule has 1 atom stereocenters. The van der Waals surface area contributed by atoms with E-state index in [9.17, 15) is 9.59 Å². The molecule has 3 aromatic rings. The van der Waals surface area contributed by atoms with Crippen LogP contribution in [0.25, 0.3) is 22.1 Å². The van der Waals surface area contributed by atoms with E-state index in [1.807, 2.05) is 36.5 Å². The maximum absolute atomic E-state index is 13.2. The fourth-order valence-corrected chi connectivity index (χ4v) is 5.63. The summed E-state index contributed by atoms with van der Waals surface area (Å²) in [6.07, 6.45) is 6.25. The van der Waals surface area contributed by atoms with Gasteiger partial charge in [-0.05, 0) is 26.0 Å². The number of para-hydroxylation sites is 2. The van der Waals surface area contributed by atoms with Crippen LogP contribution in [0.2, 0.25) is 0 Å². The van der Waals surface area contributed by atoms with E-state index >= 15 is 0 Å². The Morgan fingerprint density at radius 1 is 1.00 bits per heavy atom. The molecule has 164 valence electrons. The van der Waals surface area contributed by atoms with E-state index in [0.717, 1.165) is 34.9 Å². The minimum absolute atomic E-state index is 0.334. The monoisotopic (exact) mass is 438 g/mol. The molecule has 2 aromatic carbocycles. The molecule has 6 nitrogen and oxygen atoms in total. The molecule has 1 unspecified atom stereocenters. The molecule has 33 heavy (non-hydrogen) atoms. The molecule has 4 heterocycles. The Hall–Kier alpha value is -3.77. The van der Waals surface area contributed by atoms with Crippen molar-refractivity contribution in [3.63, 3.8) is 0 Å². The Balaban J connectivity index is 1.66. The molecular formula is C27H24N3O3+. The van der Waals surface area contributed by atoms with Crippen molar-refractivity contribution < 1.29 is 14.0 Å². The number of carbonyl (C=O) groups excluding carboxylic acids is 2. The van der Waals surface area contributed by atoms with Gasteiger partial charge in [0.15, 0.2) is 0 Å². The molecule has 6 heteroatoms. The van der Waals surface area contributed by atoms with E-state index in [-0.39, 0.29) is 0 Å². The molecule has 3 aliphatic heterocycles. The van der Waals surface area contributed by atoms with Gasteiger partial charge in [0.05, 0.1) is 36.2 Å². The zero-order valence-corrected chi connectivity index (χ0v) is 18.6. The predicted molar refractivity (Wildman–Crippen MR) is 130 cm³/mol. The molecular weight excluding hydrogens is 414 g/mol. The number of nitrogens with zero attached hydrogens (tertiary/aromatic N) is 2. The summed E-state index contributed by atoms with van der Waals surface area (Å²) in [5, 5.41) is 3.40. The van der Waals surface area contributed by atoms with Crippen LogP contribution < -0.4 is 9.80 Å². The van der Waals surface area contributed by atoms with Crippen LogP contribution in [0.15, 0.2) is 69.9 Å². The lowest BCUT2D eigenvalue weighted by Gasteiger charge is -2.39. The number of nitrogens with one attached hydrogen (secondary N) is 1. The Morgan fingerprint density at radius 2 is 1.79 bits per heavy atom. The van der Waals surface area contributed by atoms with E-state index in [0.29, 0.717) is 33.9 Å². The van der Waals surface area contributed by atoms with Gasteiger partial charge in [0.25, 0.3) is 11.8 Å². The fraction of sp³-hybridized carbons (Fsp3) is 0.222. The number of quaternary nitrogens is 1. The Morgan fingerprint density at radius 3 is 2.64 bits per heavy atom. The van der Waals surface area contributed by atoms with Crippen LogP contribution in [0, 0.1) is 0 Å². The number of hydrogen-bond donors (Lipinski definition) is 1. The Bertz CT molecular complexity index is 1440. The Labute approximate surface area is 191 Å². The average Bonchev–Trinajstić information content (AvgIpc) is 3.48. The first kappa shape index (κ1) is 19.9. The van der Waals surface area contributed by atoms with Gasteiger partial charge in [0.1, 0.15) is 17.8 Å². The van der Waals surface area contributed by atoms with Crippen molar-refractivity contribution in [2.75, 3.05) is 13.1 Å². The minimum atomic E-state index is -0.414. The highest BCUT2D eigenvalue weighted by Gasteiger charge is 2.45. The molecule has 2 amide bonds. The third-order valence-electron chi connectivity index (χ3n) is 7.29. The molecule has 0 radical (unpaired) electrons. The first-order chi connectivity index (χ1) is 16.0. The molecule has 0 saturated carbocycles. The lowest BCUT2D eigenvalue weighted by molar-refractivity contribution is -0.123. The lowest BCUT2D eigenvalue weighted by atomic mass is 9.89. The fourth-order valence-electron chi connectivity index (χ4n) is 5.63. The van der Waals surface area contributed by atoms with Crippen molar-refractivity contribution in [2.24, 2.45) is 4.99 Å². The summed E-state index contributed by atoms with van der Waals surface area (Å²) in [7, 11) is 0. The van der Waals surface area contributed by atoms with Crippen molar-refractivity contribution >= 4 is 45.8 Å². The minimum Gasteiger partial charge on any atom is -0.464 e. The summed E-state index contributed by atoms with van der Waals surface area (Å²) in [5.41, 5.74) is 6.07. The molecule has 0 aliphatic carbocycles. The van der Waals surface area contributed by atoms with E-state index in [1.165, 1.54) is 11.3 Å². The van der Waals surface area contributed by atoms with Gasteiger partial charge in [-0.3, -0.25) is 24.4 Å². The number of fused-ring (bicyclic) bond motifs is 1. The summed E-state index contributed by atoms with van der Waals surface area (Å²) in [5.74, 6) is -0.818. The van der Waals surface area contributed by atoms with Crippen LogP contribution in [0.1, 0.15) is 30.5 Å². The van der Waals surface area contributed by atoms with Crippen LogP contribution >= 0.6 is 0 Å². The molecule has 0 bridgehead atoms. The van der Waals surface area contributed by atoms with Gasteiger partial charge in [-0.15, -0.1) is 0 Å².